The Bertz CT molecular complexity index is 765. The Morgan fingerprint density at radius 3 is 2.60 bits per heavy atom. The molecule has 0 aliphatic carbocycles. The van der Waals surface area contributed by atoms with Gasteiger partial charge in [-0.15, -0.1) is 0 Å². The Balaban J connectivity index is 1.88. The number of hydrogen-bond acceptors (Lipinski definition) is 6. The van der Waals surface area contributed by atoms with Gasteiger partial charge in [0.2, 0.25) is 0 Å². The second-order valence-corrected chi connectivity index (χ2v) is 5.78. The zero-order valence-corrected chi connectivity index (χ0v) is 13.7. The predicted octanol–water partition coefficient (Wildman–Crippen LogP) is 3.31. The SMILES string of the molecule is Nc1c(Nc2ccc(Cl)c(C(F)(F)F)c2)ncnc1N1CCOCC1. The number of morpholine rings is 1. The standard InChI is InChI=1S/C15H15ClF3N5O/c16-11-2-1-9(7-10(11)15(17,18)19)23-13-12(20)14(22-8-21-13)24-3-5-25-6-4-24/h1-2,7-8H,3-6,20H2,(H,21,22,23). The van der Waals surface area contributed by atoms with E-state index in [0.717, 1.165) is 6.07 Å². The van der Waals surface area contributed by atoms with Crippen molar-refractivity contribution in [2.75, 3.05) is 42.3 Å². The number of hydrogen-bond donors (Lipinski definition) is 2. The Kier molecular flexibility index (Phi) is 4.87. The molecule has 0 atom stereocenters. The van der Waals surface area contributed by atoms with Gasteiger partial charge in [0, 0.05) is 18.8 Å². The lowest BCUT2D eigenvalue weighted by molar-refractivity contribution is -0.137. The van der Waals surface area contributed by atoms with Crippen molar-refractivity contribution in [3.8, 4) is 0 Å². The van der Waals surface area contributed by atoms with E-state index in [1.54, 1.807) is 0 Å². The molecule has 0 bridgehead atoms. The monoisotopic (exact) mass is 373 g/mol. The van der Waals surface area contributed by atoms with E-state index in [-0.39, 0.29) is 22.2 Å². The molecule has 2 heterocycles. The highest BCUT2D eigenvalue weighted by molar-refractivity contribution is 6.31. The Morgan fingerprint density at radius 2 is 1.92 bits per heavy atom. The molecule has 0 spiro atoms. The van der Waals surface area contributed by atoms with Gasteiger partial charge in [0.15, 0.2) is 11.6 Å². The molecule has 134 valence electrons. The van der Waals surface area contributed by atoms with Crippen molar-refractivity contribution in [2.24, 2.45) is 0 Å². The van der Waals surface area contributed by atoms with Crippen LogP contribution in [0.1, 0.15) is 5.56 Å². The highest BCUT2D eigenvalue weighted by Gasteiger charge is 2.33. The third-order valence-electron chi connectivity index (χ3n) is 3.71. The van der Waals surface area contributed by atoms with Crippen molar-refractivity contribution >= 4 is 34.6 Å². The zero-order chi connectivity index (χ0) is 18.0. The normalized spacial score (nSPS) is 15.3. The largest absolute Gasteiger partial charge is 0.417 e. The summed E-state index contributed by atoms with van der Waals surface area (Å²) in [5.41, 5.74) is 5.60. The molecular weight excluding hydrogens is 359 g/mol. The minimum Gasteiger partial charge on any atom is -0.393 e. The minimum atomic E-state index is -4.55. The summed E-state index contributed by atoms with van der Waals surface area (Å²) in [5.74, 6) is 0.748. The number of nitrogens with zero attached hydrogens (tertiary/aromatic N) is 3. The van der Waals surface area contributed by atoms with E-state index in [0.29, 0.717) is 32.1 Å². The van der Waals surface area contributed by atoms with Gasteiger partial charge in [0.05, 0.1) is 23.8 Å². The fourth-order valence-electron chi connectivity index (χ4n) is 2.47. The summed E-state index contributed by atoms with van der Waals surface area (Å²) in [5, 5.41) is 2.43. The molecule has 1 aliphatic rings. The summed E-state index contributed by atoms with van der Waals surface area (Å²) in [4.78, 5) is 10.1. The van der Waals surface area contributed by atoms with Crippen LogP contribution >= 0.6 is 11.6 Å². The zero-order valence-electron chi connectivity index (χ0n) is 13.0. The lowest BCUT2D eigenvalue weighted by atomic mass is 10.2. The molecule has 1 aromatic carbocycles. The molecule has 1 aromatic heterocycles. The number of ether oxygens (including phenoxy) is 1. The van der Waals surface area contributed by atoms with E-state index in [4.69, 9.17) is 22.1 Å². The molecule has 10 heteroatoms. The number of aromatic nitrogens is 2. The topological polar surface area (TPSA) is 76.3 Å². The van der Waals surface area contributed by atoms with Crippen molar-refractivity contribution in [3.63, 3.8) is 0 Å². The van der Waals surface area contributed by atoms with Crippen LogP contribution in [0.5, 0.6) is 0 Å². The minimum absolute atomic E-state index is 0.176. The molecule has 3 rings (SSSR count). The van der Waals surface area contributed by atoms with Gasteiger partial charge in [0.25, 0.3) is 0 Å². The molecule has 1 fully saturated rings. The average molecular weight is 374 g/mol. The maximum atomic E-state index is 13.0. The van der Waals surface area contributed by atoms with Crippen LogP contribution in [0.2, 0.25) is 5.02 Å². The van der Waals surface area contributed by atoms with Gasteiger partial charge in [-0.05, 0) is 18.2 Å². The molecule has 6 nitrogen and oxygen atoms in total. The van der Waals surface area contributed by atoms with Crippen molar-refractivity contribution in [2.45, 2.75) is 6.18 Å². The highest BCUT2D eigenvalue weighted by Crippen LogP contribution is 2.37. The summed E-state index contributed by atoms with van der Waals surface area (Å²) in [7, 11) is 0. The van der Waals surface area contributed by atoms with Crippen LogP contribution in [0.4, 0.5) is 36.2 Å². The number of nitrogen functional groups attached to an aromatic ring is 1. The molecule has 25 heavy (non-hydrogen) atoms. The van der Waals surface area contributed by atoms with Crippen LogP contribution < -0.4 is 16.0 Å². The first-order chi connectivity index (χ1) is 11.9. The molecule has 2 aromatic rings. The van der Waals surface area contributed by atoms with Crippen LogP contribution in [0.15, 0.2) is 24.5 Å². The van der Waals surface area contributed by atoms with Gasteiger partial charge >= 0.3 is 6.18 Å². The smallest absolute Gasteiger partial charge is 0.393 e. The molecule has 1 saturated heterocycles. The van der Waals surface area contributed by atoms with Crippen LogP contribution in [0, 0.1) is 0 Å². The van der Waals surface area contributed by atoms with E-state index in [2.05, 4.69) is 15.3 Å². The predicted molar refractivity (Wildman–Crippen MR) is 89.2 cm³/mol. The molecule has 0 amide bonds. The number of anilines is 4. The lowest BCUT2D eigenvalue weighted by Gasteiger charge is -2.29. The van der Waals surface area contributed by atoms with Gasteiger partial charge in [-0.3, -0.25) is 0 Å². The summed E-state index contributed by atoms with van der Waals surface area (Å²) in [6.45, 7) is 2.36. The van der Waals surface area contributed by atoms with Crippen LogP contribution in [0.3, 0.4) is 0 Å². The van der Waals surface area contributed by atoms with Gasteiger partial charge < -0.3 is 20.7 Å². The fourth-order valence-corrected chi connectivity index (χ4v) is 2.69. The van der Waals surface area contributed by atoms with Crippen LogP contribution in [-0.2, 0) is 10.9 Å². The Morgan fingerprint density at radius 1 is 1.20 bits per heavy atom. The number of rotatable bonds is 3. The molecule has 0 unspecified atom stereocenters. The highest BCUT2D eigenvalue weighted by atomic mass is 35.5. The molecule has 3 N–H and O–H groups in total. The quantitative estimate of drug-likeness (QED) is 0.859. The third-order valence-corrected chi connectivity index (χ3v) is 4.04. The molecule has 1 aliphatic heterocycles. The van der Waals surface area contributed by atoms with Crippen molar-refractivity contribution < 1.29 is 17.9 Å². The summed E-state index contributed by atoms with van der Waals surface area (Å²) in [6, 6.07) is 3.51. The number of nitrogens with one attached hydrogen (secondary N) is 1. The van der Waals surface area contributed by atoms with Crippen LogP contribution in [-0.4, -0.2) is 36.3 Å². The van der Waals surface area contributed by atoms with E-state index in [9.17, 15) is 13.2 Å². The van der Waals surface area contributed by atoms with Gasteiger partial charge in [-0.2, -0.15) is 13.2 Å². The third kappa shape index (κ3) is 3.88. The van der Waals surface area contributed by atoms with Gasteiger partial charge in [-0.25, -0.2) is 9.97 Å². The maximum absolute atomic E-state index is 13.0. The van der Waals surface area contributed by atoms with Gasteiger partial charge in [0.1, 0.15) is 12.0 Å². The first kappa shape index (κ1) is 17.6. The van der Waals surface area contributed by atoms with E-state index in [1.165, 1.54) is 18.5 Å². The van der Waals surface area contributed by atoms with Gasteiger partial charge in [-0.1, -0.05) is 11.6 Å². The molecule has 0 saturated carbocycles. The van der Waals surface area contributed by atoms with Crippen LogP contribution in [0.25, 0.3) is 0 Å². The molecular formula is C15H15ClF3N5O. The first-order valence-corrected chi connectivity index (χ1v) is 7.81. The number of halogens is 4. The first-order valence-electron chi connectivity index (χ1n) is 7.43. The van der Waals surface area contributed by atoms with E-state index >= 15 is 0 Å². The summed E-state index contributed by atoms with van der Waals surface area (Å²) in [6.07, 6.45) is -3.24. The average Bonchev–Trinajstić information content (AvgIpc) is 2.58. The lowest BCUT2D eigenvalue weighted by Crippen LogP contribution is -2.37. The Labute approximate surface area is 146 Å². The number of nitrogens with two attached hydrogens (primary N) is 1. The second-order valence-electron chi connectivity index (χ2n) is 5.38. The fraction of sp³-hybridized carbons (Fsp3) is 0.333. The molecule has 0 radical (unpaired) electrons. The Hall–Kier alpha value is -2.26. The number of alkyl halides is 3. The summed E-state index contributed by atoms with van der Waals surface area (Å²) >= 11 is 5.63. The second kappa shape index (κ2) is 6.93. The van der Waals surface area contributed by atoms with Crippen molar-refractivity contribution in [1.82, 2.24) is 9.97 Å². The number of benzene rings is 1. The summed E-state index contributed by atoms with van der Waals surface area (Å²) < 4.78 is 44.2. The van der Waals surface area contributed by atoms with Crippen molar-refractivity contribution in [3.05, 3.63) is 35.1 Å². The maximum Gasteiger partial charge on any atom is 0.417 e. The van der Waals surface area contributed by atoms with E-state index < -0.39 is 11.7 Å². The van der Waals surface area contributed by atoms with Crippen molar-refractivity contribution in [1.29, 1.82) is 0 Å². The van der Waals surface area contributed by atoms with E-state index in [1.807, 2.05) is 4.90 Å².